The average Bonchev–Trinajstić information content (AvgIpc) is 2.67. The summed E-state index contributed by atoms with van der Waals surface area (Å²) in [6.45, 7) is 4.67. The Bertz CT molecular complexity index is 799. The topological polar surface area (TPSA) is 64.6 Å². The number of hydrogen-bond acceptors (Lipinski definition) is 4. The molecule has 2 rings (SSSR count). The number of carbonyl (C=O) groups is 2. The van der Waals surface area contributed by atoms with Crippen LogP contribution < -0.4 is 10.1 Å². The van der Waals surface area contributed by atoms with E-state index in [1.165, 1.54) is 12.1 Å². The number of carbonyl (C=O) groups excluding carboxylic acids is 2. The highest BCUT2D eigenvalue weighted by atomic mass is 35.5. The van der Waals surface area contributed by atoms with Crippen molar-refractivity contribution in [2.45, 2.75) is 33.1 Å². The van der Waals surface area contributed by atoms with Crippen molar-refractivity contribution < 1.29 is 19.1 Å². The standard InChI is InChI=1S/C21H23Cl2NO4/c1-3-5-6-11-28-19-17(22)12-15(13-18(19)23)20(25)24-16-9-7-14(8-10-16)21(26)27-4-2/h7-10,12-13H,3-6,11H2,1-2H3,(H,24,25). The van der Waals surface area contributed by atoms with Gasteiger partial charge in [-0.1, -0.05) is 43.0 Å². The van der Waals surface area contributed by atoms with Crippen LogP contribution in [0.1, 0.15) is 53.8 Å². The molecular weight excluding hydrogens is 401 g/mol. The minimum atomic E-state index is -0.409. The van der Waals surface area contributed by atoms with Gasteiger partial charge in [-0.3, -0.25) is 4.79 Å². The number of rotatable bonds is 9. The summed E-state index contributed by atoms with van der Waals surface area (Å²) in [5.74, 6) is -0.395. The first-order chi connectivity index (χ1) is 13.5. The number of anilines is 1. The van der Waals surface area contributed by atoms with E-state index in [1.807, 2.05) is 0 Å². The van der Waals surface area contributed by atoms with Crippen LogP contribution in [-0.4, -0.2) is 25.1 Å². The third-order valence-corrected chi connectivity index (χ3v) is 4.47. The number of hydrogen-bond donors (Lipinski definition) is 1. The largest absolute Gasteiger partial charge is 0.490 e. The SMILES string of the molecule is CCCCCOc1c(Cl)cc(C(=O)Nc2ccc(C(=O)OCC)cc2)cc1Cl. The zero-order valence-corrected chi connectivity index (χ0v) is 17.4. The van der Waals surface area contributed by atoms with E-state index < -0.39 is 5.97 Å². The molecule has 150 valence electrons. The summed E-state index contributed by atoms with van der Waals surface area (Å²) in [5.41, 5.74) is 1.26. The van der Waals surface area contributed by atoms with Crippen molar-refractivity contribution in [3.63, 3.8) is 0 Å². The molecule has 0 aliphatic rings. The second kappa shape index (κ2) is 10.9. The van der Waals surface area contributed by atoms with E-state index >= 15 is 0 Å². The van der Waals surface area contributed by atoms with Crippen LogP contribution >= 0.6 is 23.2 Å². The predicted molar refractivity (Wildman–Crippen MR) is 112 cm³/mol. The van der Waals surface area contributed by atoms with Crippen LogP contribution in [0.3, 0.4) is 0 Å². The molecular formula is C21H23Cl2NO4. The second-order valence-electron chi connectivity index (χ2n) is 6.08. The zero-order chi connectivity index (χ0) is 20.5. The van der Waals surface area contributed by atoms with E-state index in [1.54, 1.807) is 31.2 Å². The van der Waals surface area contributed by atoms with Gasteiger partial charge in [-0.25, -0.2) is 4.79 Å². The molecule has 0 atom stereocenters. The van der Waals surface area contributed by atoms with Gasteiger partial charge in [0.2, 0.25) is 0 Å². The van der Waals surface area contributed by atoms with E-state index in [-0.39, 0.29) is 16.0 Å². The van der Waals surface area contributed by atoms with Gasteiger partial charge in [0, 0.05) is 11.3 Å². The summed E-state index contributed by atoms with van der Waals surface area (Å²) in [7, 11) is 0. The molecule has 2 aromatic rings. The van der Waals surface area contributed by atoms with Crippen LogP contribution in [0.5, 0.6) is 5.75 Å². The molecule has 0 unspecified atom stereocenters. The third-order valence-electron chi connectivity index (χ3n) is 3.91. The van der Waals surface area contributed by atoms with Crippen molar-refractivity contribution in [1.29, 1.82) is 0 Å². The maximum absolute atomic E-state index is 12.5. The molecule has 0 saturated carbocycles. The lowest BCUT2D eigenvalue weighted by molar-refractivity contribution is 0.0526. The number of esters is 1. The third kappa shape index (κ3) is 6.14. The van der Waals surface area contributed by atoms with Gasteiger partial charge in [-0.05, 0) is 49.7 Å². The van der Waals surface area contributed by atoms with Gasteiger partial charge in [0.05, 0.1) is 28.8 Å². The number of ether oxygens (including phenoxy) is 2. The van der Waals surface area contributed by atoms with Crippen LogP contribution in [0.25, 0.3) is 0 Å². The van der Waals surface area contributed by atoms with Crippen molar-refractivity contribution in [2.75, 3.05) is 18.5 Å². The highest BCUT2D eigenvalue weighted by molar-refractivity contribution is 6.37. The first-order valence-electron chi connectivity index (χ1n) is 9.16. The second-order valence-corrected chi connectivity index (χ2v) is 6.89. The molecule has 1 N–H and O–H groups in total. The highest BCUT2D eigenvalue weighted by Crippen LogP contribution is 2.34. The molecule has 0 heterocycles. The molecule has 1 amide bonds. The van der Waals surface area contributed by atoms with E-state index in [9.17, 15) is 9.59 Å². The van der Waals surface area contributed by atoms with Gasteiger partial charge in [-0.2, -0.15) is 0 Å². The molecule has 0 fully saturated rings. The first-order valence-corrected chi connectivity index (χ1v) is 9.92. The zero-order valence-electron chi connectivity index (χ0n) is 15.9. The quantitative estimate of drug-likeness (QED) is 0.397. The van der Waals surface area contributed by atoms with Gasteiger partial charge < -0.3 is 14.8 Å². The number of nitrogens with one attached hydrogen (secondary N) is 1. The van der Waals surface area contributed by atoms with Crippen molar-refractivity contribution in [1.82, 2.24) is 0 Å². The number of amides is 1. The lowest BCUT2D eigenvalue weighted by atomic mass is 10.1. The predicted octanol–water partition coefficient (Wildman–Crippen LogP) is 5.99. The molecule has 0 aliphatic carbocycles. The maximum atomic E-state index is 12.5. The molecule has 0 spiro atoms. The Kier molecular flexibility index (Phi) is 8.61. The Balaban J connectivity index is 2.05. The summed E-state index contributed by atoms with van der Waals surface area (Å²) in [6, 6.07) is 9.45. The van der Waals surface area contributed by atoms with E-state index in [2.05, 4.69) is 12.2 Å². The Morgan fingerprint density at radius 2 is 1.61 bits per heavy atom. The summed E-state index contributed by atoms with van der Waals surface area (Å²) >= 11 is 12.5. The molecule has 28 heavy (non-hydrogen) atoms. The first kappa shape index (κ1) is 22.1. The van der Waals surface area contributed by atoms with Crippen LogP contribution in [0.15, 0.2) is 36.4 Å². The Labute approximate surface area is 174 Å². The lowest BCUT2D eigenvalue weighted by Gasteiger charge is -2.12. The molecule has 0 aromatic heterocycles. The number of halogens is 2. The molecule has 2 aromatic carbocycles. The van der Waals surface area contributed by atoms with Crippen molar-refractivity contribution in [2.24, 2.45) is 0 Å². The van der Waals surface area contributed by atoms with Gasteiger partial charge in [0.1, 0.15) is 0 Å². The number of unbranched alkanes of at least 4 members (excludes halogenated alkanes) is 2. The van der Waals surface area contributed by atoms with Crippen LogP contribution in [0.4, 0.5) is 5.69 Å². The molecule has 0 aliphatic heterocycles. The lowest BCUT2D eigenvalue weighted by Crippen LogP contribution is -2.12. The van der Waals surface area contributed by atoms with Crippen LogP contribution in [0.2, 0.25) is 10.0 Å². The molecule has 7 heteroatoms. The summed E-state index contributed by atoms with van der Waals surface area (Å²) < 4.78 is 10.6. The fourth-order valence-electron chi connectivity index (χ4n) is 2.46. The van der Waals surface area contributed by atoms with Gasteiger partial charge in [-0.15, -0.1) is 0 Å². The average molecular weight is 424 g/mol. The van der Waals surface area contributed by atoms with Crippen LogP contribution in [-0.2, 0) is 4.74 Å². The van der Waals surface area contributed by atoms with E-state index in [0.717, 1.165) is 19.3 Å². The molecule has 5 nitrogen and oxygen atoms in total. The minimum Gasteiger partial charge on any atom is -0.490 e. The van der Waals surface area contributed by atoms with E-state index in [4.69, 9.17) is 32.7 Å². The van der Waals surface area contributed by atoms with Gasteiger partial charge >= 0.3 is 5.97 Å². The minimum absolute atomic E-state index is 0.284. The summed E-state index contributed by atoms with van der Waals surface area (Å²) in [4.78, 5) is 24.2. The van der Waals surface area contributed by atoms with Gasteiger partial charge in [0.25, 0.3) is 5.91 Å². The fraction of sp³-hybridized carbons (Fsp3) is 0.333. The summed E-state index contributed by atoms with van der Waals surface area (Å²) in [6.07, 6.45) is 3.06. The fourth-order valence-corrected chi connectivity index (χ4v) is 3.06. The molecule has 0 bridgehead atoms. The van der Waals surface area contributed by atoms with Crippen LogP contribution in [0, 0.1) is 0 Å². The van der Waals surface area contributed by atoms with E-state index in [0.29, 0.717) is 35.8 Å². The normalized spacial score (nSPS) is 10.4. The van der Waals surface area contributed by atoms with Crippen molar-refractivity contribution in [3.8, 4) is 5.75 Å². The molecule has 0 radical (unpaired) electrons. The Morgan fingerprint density at radius 3 is 2.18 bits per heavy atom. The Hall–Kier alpha value is -2.24. The van der Waals surface area contributed by atoms with Gasteiger partial charge in [0.15, 0.2) is 5.75 Å². The number of benzene rings is 2. The maximum Gasteiger partial charge on any atom is 0.338 e. The van der Waals surface area contributed by atoms with Crippen molar-refractivity contribution in [3.05, 3.63) is 57.6 Å². The molecule has 0 saturated heterocycles. The van der Waals surface area contributed by atoms with Crippen molar-refractivity contribution >= 4 is 40.8 Å². The smallest absolute Gasteiger partial charge is 0.338 e. The summed E-state index contributed by atoms with van der Waals surface area (Å²) in [5, 5.41) is 3.31. The Morgan fingerprint density at radius 1 is 0.964 bits per heavy atom. The monoisotopic (exact) mass is 423 g/mol. The highest BCUT2D eigenvalue weighted by Gasteiger charge is 2.15.